The molecule has 13 heavy (non-hydrogen) atoms. The highest BCUT2D eigenvalue weighted by molar-refractivity contribution is 5.74. The maximum Gasteiger partial charge on any atom is 0.218 e. The van der Waals surface area contributed by atoms with Crippen LogP contribution in [-0.2, 0) is 11.2 Å². The average molecular weight is 178 g/mol. The molecule has 1 aromatic rings. The predicted molar refractivity (Wildman–Crippen MR) is 51.9 cm³/mol. The van der Waals surface area contributed by atoms with Crippen molar-refractivity contribution < 1.29 is 4.79 Å². The summed E-state index contributed by atoms with van der Waals surface area (Å²) in [6.45, 7) is 0. The van der Waals surface area contributed by atoms with Crippen LogP contribution in [-0.4, -0.2) is 11.9 Å². The monoisotopic (exact) mass is 178 g/mol. The van der Waals surface area contributed by atoms with Gasteiger partial charge in [0.25, 0.3) is 0 Å². The van der Waals surface area contributed by atoms with Crippen molar-refractivity contribution in [2.75, 3.05) is 0 Å². The van der Waals surface area contributed by atoms with Crippen LogP contribution in [0.3, 0.4) is 0 Å². The maximum atomic E-state index is 10.5. The van der Waals surface area contributed by atoms with Crippen LogP contribution in [0.1, 0.15) is 12.0 Å². The van der Waals surface area contributed by atoms with E-state index in [-0.39, 0.29) is 18.4 Å². The molecule has 0 aromatic heterocycles. The fourth-order valence-corrected chi connectivity index (χ4v) is 1.25. The first-order valence-electron chi connectivity index (χ1n) is 4.26. The molecule has 0 bridgehead atoms. The van der Waals surface area contributed by atoms with Crippen molar-refractivity contribution in [2.24, 2.45) is 11.5 Å². The van der Waals surface area contributed by atoms with E-state index in [0.717, 1.165) is 5.56 Å². The lowest BCUT2D eigenvalue weighted by molar-refractivity contribution is -0.118. The maximum absolute atomic E-state index is 10.5. The molecule has 3 heteroatoms. The molecular weight excluding hydrogens is 164 g/mol. The van der Waals surface area contributed by atoms with E-state index in [9.17, 15) is 4.79 Å². The Kier molecular flexibility index (Phi) is 3.46. The molecule has 1 aromatic carbocycles. The molecule has 0 spiro atoms. The van der Waals surface area contributed by atoms with Gasteiger partial charge in [-0.25, -0.2) is 0 Å². The zero-order valence-corrected chi connectivity index (χ0v) is 7.44. The second-order valence-electron chi connectivity index (χ2n) is 3.12. The minimum absolute atomic E-state index is 0.167. The number of benzene rings is 1. The molecule has 0 fully saturated rings. The zero-order valence-electron chi connectivity index (χ0n) is 7.44. The van der Waals surface area contributed by atoms with Crippen molar-refractivity contribution in [3.05, 3.63) is 35.9 Å². The Bertz CT molecular complexity index is 272. The molecule has 0 saturated carbocycles. The van der Waals surface area contributed by atoms with Gasteiger partial charge in [0.05, 0.1) is 0 Å². The Morgan fingerprint density at radius 1 is 1.31 bits per heavy atom. The molecule has 4 N–H and O–H groups in total. The Labute approximate surface area is 77.7 Å². The van der Waals surface area contributed by atoms with Gasteiger partial charge < -0.3 is 11.5 Å². The van der Waals surface area contributed by atoms with Crippen molar-refractivity contribution in [1.82, 2.24) is 0 Å². The van der Waals surface area contributed by atoms with Crippen LogP contribution in [0.2, 0.25) is 0 Å². The normalized spacial score (nSPS) is 12.4. The third kappa shape index (κ3) is 3.71. The topological polar surface area (TPSA) is 69.1 Å². The van der Waals surface area contributed by atoms with E-state index < -0.39 is 0 Å². The van der Waals surface area contributed by atoms with Crippen LogP contribution in [0.25, 0.3) is 0 Å². The largest absolute Gasteiger partial charge is 0.370 e. The van der Waals surface area contributed by atoms with Crippen LogP contribution in [0.15, 0.2) is 30.3 Å². The summed E-state index contributed by atoms with van der Waals surface area (Å²) in [6, 6.07) is 9.66. The van der Waals surface area contributed by atoms with E-state index >= 15 is 0 Å². The van der Waals surface area contributed by atoms with Gasteiger partial charge in [-0.1, -0.05) is 30.3 Å². The Morgan fingerprint density at radius 3 is 2.46 bits per heavy atom. The van der Waals surface area contributed by atoms with E-state index in [4.69, 9.17) is 11.5 Å². The predicted octanol–water partition coefficient (Wildman–Crippen LogP) is 0.432. The number of carbonyl (C=O) groups is 1. The summed E-state index contributed by atoms with van der Waals surface area (Å²) in [7, 11) is 0. The number of primary amides is 1. The molecule has 0 saturated heterocycles. The summed E-state index contributed by atoms with van der Waals surface area (Å²) in [5.74, 6) is -0.344. The van der Waals surface area contributed by atoms with E-state index in [1.54, 1.807) is 0 Å². The average Bonchev–Trinajstić information content (AvgIpc) is 2.04. The van der Waals surface area contributed by atoms with Crippen molar-refractivity contribution in [1.29, 1.82) is 0 Å². The van der Waals surface area contributed by atoms with Gasteiger partial charge in [0.1, 0.15) is 0 Å². The lowest BCUT2D eigenvalue weighted by atomic mass is 10.0. The van der Waals surface area contributed by atoms with Gasteiger partial charge >= 0.3 is 0 Å². The molecule has 1 rings (SSSR count). The molecule has 0 aliphatic carbocycles. The third-order valence-corrected chi connectivity index (χ3v) is 1.80. The fraction of sp³-hybridized carbons (Fsp3) is 0.300. The molecule has 0 heterocycles. The first-order chi connectivity index (χ1) is 6.18. The number of carbonyl (C=O) groups excluding carboxylic acids is 1. The van der Waals surface area contributed by atoms with Gasteiger partial charge in [-0.15, -0.1) is 0 Å². The number of rotatable bonds is 4. The number of amides is 1. The SMILES string of the molecule is NC(=O)CC(N)Cc1ccccc1. The minimum atomic E-state index is -0.344. The minimum Gasteiger partial charge on any atom is -0.370 e. The molecule has 3 nitrogen and oxygen atoms in total. The second kappa shape index (κ2) is 4.62. The molecule has 0 aliphatic rings. The standard InChI is InChI=1S/C10H14N2O/c11-9(7-10(12)13)6-8-4-2-1-3-5-8/h1-5,9H,6-7,11H2,(H2,12,13). The number of nitrogens with two attached hydrogens (primary N) is 2. The smallest absolute Gasteiger partial charge is 0.218 e. The zero-order chi connectivity index (χ0) is 9.68. The van der Waals surface area contributed by atoms with Gasteiger partial charge in [-0.3, -0.25) is 4.79 Å². The summed E-state index contributed by atoms with van der Waals surface area (Å²) < 4.78 is 0. The summed E-state index contributed by atoms with van der Waals surface area (Å²) in [5, 5.41) is 0. The summed E-state index contributed by atoms with van der Waals surface area (Å²) in [4.78, 5) is 10.5. The fourth-order valence-electron chi connectivity index (χ4n) is 1.25. The van der Waals surface area contributed by atoms with Gasteiger partial charge in [-0.05, 0) is 12.0 Å². The van der Waals surface area contributed by atoms with Crippen LogP contribution < -0.4 is 11.5 Å². The molecule has 1 amide bonds. The molecule has 1 atom stereocenters. The summed E-state index contributed by atoms with van der Waals surface area (Å²) in [5.41, 5.74) is 11.9. The van der Waals surface area contributed by atoms with Crippen molar-refractivity contribution >= 4 is 5.91 Å². The van der Waals surface area contributed by atoms with Crippen molar-refractivity contribution in [3.8, 4) is 0 Å². The highest BCUT2D eigenvalue weighted by atomic mass is 16.1. The first kappa shape index (κ1) is 9.74. The number of hydrogen-bond acceptors (Lipinski definition) is 2. The Morgan fingerprint density at radius 2 is 1.92 bits per heavy atom. The second-order valence-corrected chi connectivity index (χ2v) is 3.12. The van der Waals surface area contributed by atoms with E-state index in [1.807, 2.05) is 30.3 Å². The van der Waals surface area contributed by atoms with E-state index in [1.165, 1.54) is 0 Å². The van der Waals surface area contributed by atoms with Gasteiger partial charge in [0, 0.05) is 12.5 Å². The van der Waals surface area contributed by atoms with Crippen LogP contribution in [0, 0.1) is 0 Å². The lowest BCUT2D eigenvalue weighted by Crippen LogP contribution is -2.29. The van der Waals surface area contributed by atoms with E-state index in [0.29, 0.717) is 6.42 Å². The molecule has 70 valence electrons. The van der Waals surface area contributed by atoms with Gasteiger partial charge in [0.15, 0.2) is 0 Å². The Balaban J connectivity index is 2.45. The van der Waals surface area contributed by atoms with Gasteiger partial charge in [0.2, 0.25) is 5.91 Å². The Hall–Kier alpha value is -1.35. The van der Waals surface area contributed by atoms with Crippen LogP contribution in [0.4, 0.5) is 0 Å². The van der Waals surface area contributed by atoms with Crippen LogP contribution >= 0.6 is 0 Å². The highest BCUT2D eigenvalue weighted by Gasteiger charge is 2.06. The third-order valence-electron chi connectivity index (χ3n) is 1.80. The summed E-state index contributed by atoms with van der Waals surface area (Å²) in [6.07, 6.45) is 0.943. The first-order valence-corrected chi connectivity index (χ1v) is 4.26. The molecular formula is C10H14N2O. The molecule has 0 aliphatic heterocycles. The highest BCUT2D eigenvalue weighted by Crippen LogP contribution is 2.03. The lowest BCUT2D eigenvalue weighted by Gasteiger charge is -2.08. The molecule has 1 unspecified atom stereocenters. The van der Waals surface area contributed by atoms with E-state index in [2.05, 4.69) is 0 Å². The quantitative estimate of drug-likeness (QED) is 0.702. The van der Waals surface area contributed by atoms with Crippen LogP contribution in [0.5, 0.6) is 0 Å². The summed E-state index contributed by atoms with van der Waals surface area (Å²) >= 11 is 0. The van der Waals surface area contributed by atoms with Crippen molar-refractivity contribution in [2.45, 2.75) is 18.9 Å². The number of hydrogen-bond donors (Lipinski definition) is 2. The van der Waals surface area contributed by atoms with Crippen molar-refractivity contribution in [3.63, 3.8) is 0 Å². The van der Waals surface area contributed by atoms with Gasteiger partial charge in [-0.2, -0.15) is 0 Å². The molecule has 0 radical (unpaired) electrons.